The van der Waals surface area contributed by atoms with Crippen LogP contribution in [0.1, 0.15) is 23.7 Å². The number of aromatic nitrogens is 1. The molecule has 0 atom stereocenters. The van der Waals surface area contributed by atoms with Crippen molar-refractivity contribution in [2.75, 3.05) is 6.54 Å². The van der Waals surface area contributed by atoms with Gasteiger partial charge in [0.2, 0.25) is 0 Å². The van der Waals surface area contributed by atoms with Crippen LogP contribution < -0.4 is 5.32 Å². The average Bonchev–Trinajstić information content (AvgIpc) is 2.71. The van der Waals surface area contributed by atoms with Crippen molar-refractivity contribution in [3.05, 3.63) is 40.2 Å². The second-order valence-corrected chi connectivity index (χ2v) is 6.02. The van der Waals surface area contributed by atoms with E-state index in [1.807, 2.05) is 17.4 Å². The standard InChI is InChI=1S/C15H20N2S/c1-11(2)16-10-9-14-17-15(12(3)18-14)13-7-5-4-6-8-13/h4-8,11,16H,9-10H2,1-3H3. The van der Waals surface area contributed by atoms with E-state index in [-0.39, 0.29) is 0 Å². The van der Waals surface area contributed by atoms with Gasteiger partial charge < -0.3 is 5.32 Å². The molecule has 0 aliphatic heterocycles. The van der Waals surface area contributed by atoms with Crippen molar-refractivity contribution in [3.8, 4) is 11.3 Å². The normalized spacial score (nSPS) is 11.1. The molecule has 3 heteroatoms. The molecule has 1 aromatic carbocycles. The smallest absolute Gasteiger partial charge is 0.0948 e. The summed E-state index contributed by atoms with van der Waals surface area (Å²) >= 11 is 1.81. The van der Waals surface area contributed by atoms with Crippen LogP contribution in [0.3, 0.4) is 0 Å². The van der Waals surface area contributed by atoms with Crippen molar-refractivity contribution in [2.24, 2.45) is 0 Å². The third-order valence-electron chi connectivity index (χ3n) is 2.78. The molecular formula is C15H20N2S. The molecule has 0 unspecified atom stereocenters. The Bertz CT molecular complexity index is 488. The van der Waals surface area contributed by atoms with Gasteiger partial charge in [0.25, 0.3) is 0 Å². The molecule has 96 valence electrons. The first-order valence-corrected chi connectivity index (χ1v) is 7.23. The summed E-state index contributed by atoms with van der Waals surface area (Å²) in [6.45, 7) is 7.49. The van der Waals surface area contributed by atoms with Crippen molar-refractivity contribution < 1.29 is 0 Å². The predicted molar refractivity (Wildman–Crippen MR) is 79.1 cm³/mol. The lowest BCUT2D eigenvalue weighted by atomic mass is 10.1. The number of aryl methyl sites for hydroxylation is 1. The number of hydrogen-bond acceptors (Lipinski definition) is 3. The highest BCUT2D eigenvalue weighted by Gasteiger charge is 2.09. The number of hydrogen-bond donors (Lipinski definition) is 1. The molecule has 2 aromatic rings. The zero-order valence-corrected chi connectivity index (χ0v) is 12.1. The highest BCUT2D eigenvalue weighted by Crippen LogP contribution is 2.27. The lowest BCUT2D eigenvalue weighted by Gasteiger charge is -2.05. The molecule has 2 rings (SSSR count). The number of nitrogens with one attached hydrogen (secondary N) is 1. The van der Waals surface area contributed by atoms with E-state index in [9.17, 15) is 0 Å². The maximum Gasteiger partial charge on any atom is 0.0948 e. The number of thiazole rings is 1. The molecule has 0 aliphatic carbocycles. The molecule has 0 saturated heterocycles. The quantitative estimate of drug-likeness (QED) is 0.887. The summed E-state index contributed by atoms with van der Waals surface area (Å²) in [4.78, 5) is 6.06. The van der Waals surface area contributed by atoms with Crippen molar-refractivity contribution in [2.45, 2.75) is 33.2 Å². The minimum Gasteiger partial charge on any atom is -0.314 e. The highest BCUT2D eigenvalue weighted by atomic mass is 32.1. The molecule has 0 bridgehead atoms. The number of rotatable bonds is 5. The van der Waals surface area contributed by atoms with Crippen LogP contribution in [0, 0.1) is 6.92 Å². The van der Waals surface area contributed by atoms with Gasteiger partial charge in [-0.3, -0.25) is 0 Å². The first-order valence-electron chi connectivity index (χ1n) is 6.42. The van der Waals surface area contributed by atoms with E-state index < -0.39 is 0 Å². The van der Waals surface area contributed by atoms with E-state index in [1.165, 1.54) is 15.4 Å². The fourth-order valence-electron chi connectivity index (χ4n) is 1.89. The number of nitrogens with zero attached hydrogens (tertiary/aromatic N) is 1. The minimum absolute atomic E-state index is 0.541. The van der Waals surface area contributed by atoms with Crippen LogP contribution in [0.15, 0.2) is 30.3 Å². The van der Waals surface area contributed by atoms with Gasteiger partial charge in [-0.15, -0.1) is 11.3 Å². The van der Waals surface area contributed by atoms with Crippen LogP contribution in [0.2, 0.25) is 0 Å². The molecule has 0 aliphatic rings. The van der Waals surface area contributed by atoms with E-state index >= 15 is 0 Å². The van der Waals surface area contributed by atoms with Gasteiger partial charge in [0.1, 0.15) is 0 Å². The predicted octanol–water partition coefficient (Wildman–Crippen LogP) is 3.66. The van der Waals surface area contributed by atoms with Gasteiger partial charge in [0, 0.05) is 29.4 Å². The van der Waals surface area contributed by atoms with Crippen LogP contribution in [-0.2, 0) is 6.42 Å². The van der Waals surface area contributed by atoms with Crippen molar-refractivity contribution in [3.63, 3.8) is 0 Å². The average molecular weight is 260 g/mol. The second kappa shape index (κ2) is 6.12. The minimum atomic E-state index is 0.541. The van der Waals surface area contributed by atoms with Gasteiger partial charge in [-0.2, -0.15) is 0 Å². The Labute approximate surface area is 113 Å². The Morgan fingerprint density at radius 2 is 1.94 bits per heavy atom. The fourth-order valence-corrected chi connectivity index (χ4v) is 2.84. The maximum atomic E-state index is 4.76. The number of benzene rings is 1. The van der Waals surface area contributed by atoms with Crippen LogP contribution in [0.5, 0.6) is 0 Å². The highest BCUT2D eigenvalue weighted by molar-refractivity contribution is 7.12. The summed E-state index contributed by atoms with van der Waals surface area (Å²) in [5.41, 5.74) is 2.36. The van der Waals surface area contributed by atoms with Gasteiger partial charge >= 0.3 is 0 Å². The first-order chi connectivity index (χ1) is 8.66. The van der Waals surface area contributed by atoms with E-state index in [1.54, 1.807) is 0 Å². The molecule has 1 heterocycles. The zero-order valence-electron chi connectivity index (χ0n) is 11.2. The molecular weight excluding hydrogens is 240 g/mol. The van der Waals surface area contributed by atoms with Crippen LogP contribution >= 0.6 is 11.3 Å². The molecule has 0 saturated carbocycles. The van der Waals surface area contributed by atoms with E-state index in [2.05, 4.69) is 50.4 Å². The summed E-state index contributed by atoms with van der Waals surface area (Å²) < 4.78 is 0. The van der Waals surface area contributed by atoms with Gasteiger partial charge in [-0.1, -0.05) is 44.2 Å². The topological polar surface area (TPSA) is 24.9 Å². The third-order valence-corrected chi connectivity index (χ3v) is 3.81. The monoisotopic (exact) mass is 260 g/mol. The summed E-state index contributed by atoms with van der Waals surface area (Å²) in [5, 5.41) is 4.65. The van der Waals surface area contributed by atoms with E-state index in [0.717, 1.165) is 18.7 Å². The van der Waals surface area contributed by atoms with Gasteiger partial charge in [0.05, 0.1) is 10.7 Å². The van der Waals surface area contributed by atoms with Gasteiger partial charge in [-0.05, 0) is 6.92 Å². The Morgan fingerprint density at radius 1 is 1.22 bits per heavy atom. The van der Waals surface area contributed by atoms with Crippen LogP contribution in [-0.4, -0.2) is 17.6 Å². The SMILES string of the molecule is Cc1sc(CCNC(C)C)nc1-c1ccccc1. The van der Waals surface area contributed by atoms with Crippen molar-refractivity contribution in [1.82, 2.24) is 10.3 Å². The molecule has 0 radical (unpaired) electrons. The second-order valence-electron chi connectivity index (χ2n) is 4.74. The van der Waals surface area contributed by atoms with E-state index in [4.69, 9.17) is 4.98 Å². The van der Waals surface area contributed by atoms with Crippen LogP contribution in [0.4, 0.5) is 0 Å². The molecule has 0 amide bonds. The molecule has 18 heavy (non-hydrogen) atoms. The lowest BCUT2D eigenvalue weighted by molar-refractivity contribution is 0.590. The van der Waals surface area contributed by atoms with Gasteiger partial charge in [0.15, 0.2) is 0 Å². The zero-order chi connectivity index (χ0) is 13.0. The third kappa shape index (κ3) is 3.40. The summed E-state index contributed by atoms with van der Waals surface area (Å²) in [6, 6.07) is 11.0. The van der Waals surface area contributed by atoms with Crippen molar-refractivity contribution in [1.29, 1.82) is 0 Å². The molecule has 0 spiro atoms. The van der Waals surface area contributed by atoms with E-state index in [0.29, 0.717) is 6.04 Å². The molecule has 1 N–H and O–H groups in total. The summed E-state index contributed by atoms with van der Waals surface area (Å²) in [5.74, 6) is 0. The van der Waals surface area contributed by atoms with Crippen LogP contribution in [0.25, 0.3) is 11.3 Å². The van der Waals surface area contributed by atoms with Crippen molar-refractivity contribution >= 4 is 11.3 Å². The maximum absolute atomic E-state index is 4.76. The molecule has 1 aromatic heterocycles. The Kier molecular flexibility index (Phi) is 4.50. The summed E-state index contributed by atoms with van der Waals surface area (Å²) in [6.07, 6.45) is 1.01. The summed E-state index contributed by atoms with van der Waals surface area (Å²) in [7, 11) is 0. The lowest BCUT2D eigenvalue weighted by Crippen LogP contribution is -2.24. The molecule has 0 fully saturated rings. The Hall–Kier alpha value is -1.19. The Morgan fingerprint density at radius 3 is 2.61 bits per heavy atom. The van der Waals surface area contributed by atoms with Gasteiger partial charge in [-0.25, -0.2) is 4.98 Å². The largest absolute Gasteiger partial charge is 0.314 e. The fraction of sp³-hybridized carbons (Fsp3) is 0.400. The first kappa shape index (κ1) is 13.2. The Balaban J connectivity index is 2.08. The molecule has 2 nitrogen and oxygen atoms in total.